The van der Waals surface area contributed by atoms with Gasteiger partial charge in [-0.3, -0.25) is 4.79 Å². The molecule has 1 atom stereocenters. The van der Waals surface area contributed by atoms with Crippen molar-refractivity contribution >= 4 is 40.4 Å². The van der Waals surface area contributed by atoms with E-state index in [1.165, 1.54) is 30.1 Å². The van der Waals surface area contributed by atoms with Crippen molar-refractivity contribution in [2.24, 2.45) is 0 Å². The minimum atomic E-state index is -0.0577. The summed E-state index contributed by atoms with van der Waals surface area (Å²) in [6.45, 7) is 4.85. The molecule has 0 fully saturated rings. The lowest BCUT2D eigenvalue weighted by atomic mass is 9.91. The van der Waals surface area contributed by atoms with Crippen LogP contribution in [0.1, 0.15) is 34.8 Å². The van der Waals surface area contributed by atoms with Crippen LogP contribution in [0.3, 0.4) is 0 Å². The molecule has 0 saturated carbocycles. The molecule has 2 aromatic rings. The van der Waals surface area contributed by atoms with Crippen LogP contribution in [0.15, 0.2) is 61.4 Å². The average Bonchev–Trinajstić information content (AvgIpc) is 3.18. The number of amides is 1. The van der Waals surface area contributed by atoms with Crippen LogP contribution in [-0.2, 0) is 16.1 Å². The highest BCUT2D eigenvalue weighted by Gasteiger charge is 2.28. The third-order valence-corrected chi connectivity index (χ3v) is 6.33. The van der Waals surface area contributed by atoms with E-state index in [0.717, 1.165) is 22.1 Å². The number of hydrogen-bond donors (Lipinski definition) is 0. The number of ether oxygens (including phenoxy) is 1. The standard InChI is InChI=1S/C24H23ClN2O3S/c1-3-23(29)27-14-17(20-13-22(25)31-21(20)15-27)9-6-4-5-7-10-18(16-28)19-11-8-12-26-24(19)30-2/h3-5,7-8,10-13,17H,1,6,9,14-15H2,2H3/b5-4-,10-7-/t17-/m0/s1. The zero-order chi connectivity index (χ0) is 22.2. The van der Waals surface area contributed by atoms with Crippen LogP contribution in [0.4, 0.5) is 0 Å². The molecule has 160 valence electrons. The van der Waals surface area contributed by atoms with Gasteiger partial charge in [-0.1, -0.05) is 36.4 Å². The summed E-state index contributed by atoms with van der Waals surface area (Å²) in [5.41, 5.74) is 2.21. The first kappa shape index (κ1) is 22.8. The third kappa shape index (κ3) is 5.61. The smallest absolute Gasteiger partial charge is 0.246 e. The van der Waals surface area contributed by atoms with Gasteiger partial charge in [0.15, 0.2) is 0 Å². The quantitative estimate of drug-likeness (QED) is 0.311. The van der Waals surface area contributed by atoms with Crippen LogP contribution in [0.25, 0.3) is 5.57 Å². The second-order valence-electron chi connectivity index (χ2n) is 6.99. The van der Waals surface area contributed by atoms with Crippen molar-refractivity contribution < 1.29 is 14.3 Å². The molecule has 1 amide bonds. The fourth-order valence-electron chi connectivity index (χ4n) is 3.59. The molecule has 0 spiro atoms. The molecule has 0 aliphatic carbocycles. The molecule has 0 N–H and O–H groups in total. The van der Waals surface area contributed by atoms with Gasteiger partial charge in [0, 0.05) is 23.5 Å². The van der Waals surface area contributed by atoms with Gasteiger partial charge in [0.2, 0.25) is 11.8 Å². The Morgan fingerprint density at radius 1 is 1.48 bits per heavy atom. The molecule has 2 aromatic heterocycles. The molecule has 3 rings (SSSR count). The number of fused-ring (bicyclic) bond motifs is 1. The highest BCUT2D eigenvalue weighted by atomic mass is 35.5. The predicted octanol–water partition coefficient (Wildman–Crippen LogP) is 5.22. The molecule has 0 aromatic carbocycles. The lowest BCUT2D eigenvalue weighted by Gasteiger charge is -2.32. The Labute approximate surface area is 191 Å². The Balaban J connectivity index is 1.62. The summed E-state index contributed by atoms with van der Waals surface area (Å²) in [6.07, 6.45) is 12.1. The molecule has 0 unspecified atom stereocenters. The van der Waals surface area contributed by atoms with Crippen molar-refractivity contribution in [1.29, 1.82) is 0 Å². The number of pyridine rings is 1. The van der Waals surface area contributed by atoms with E-state index in [9.17, 15) is 9.59 Å². The van der Waals surface area contributed by atoms with Gasteiger partial charge in [-0.05, 0) is 48.8 Å². The number of aromatic nitrogens is 1. The van der Waals surface area contributed by atoms with Gasteiger partial charge in [0.1, 0.15) is 5.94 Å². The maximum absolute atomic E-state index is 12.1. The van der Waals surface area contributed by atoms with E-state index in [-0.39, 0.29) is 11.8 Å². The van der Waals surface area contributed by atoms with Crippen molar-refractivity contribution in [1.82, 2.24) is 9.88 Å². The number of halogens is 1. The molecule has 0 bridgehead atoms. The Bertz CT molecular complexity index is 1070. The van der Waals surface area contributed by atoms with Crippen LogP contribution in [0.2, 0.25) is 4.34 Å². The van der Waals surface area contributed by atoms with Crippen molar-refractivity contribution in [2.45, 2.75) is 25.3 Å². The Morgan fingerprint density at radius 2 is 2.32 bits per heavy atom. The molecule has 1 aliphatic rings. The highest BCUT2D eigenvalue weighted by Crippen LogP contribution is 2.39. The second kappa shape index (κ2) is 10.9. The van der Waals surface area contributed by atoms with Gasteiger partial charge in [0.25, 0.3) is 0 Å². The van der Waals surface area contributed by atoms with E-state index in [1.807, 2.05) is 29.1 Å². The van der Waals surface area contributed by atoms with Gasteiger partial charge in [-0.2, -0.15) is 0 Å². The zero-order valence-corrected chi connectivity index (χ0v) is 18.8. The molecular formula is C24H23ClN2O3S. The first-order valence-corrected chi connectivity index (χ1v) is 11.0. The summed E-state index contributed by atoms with van der Waals surface area (Å²) in [5.74, 6) is 2.50. The average molecular weight is 455 g/mol. The van der Waals surface area contributed by atoms with Crippen LogP contribution in [0.5, 0.6) is 5.88 Å². The van der Waals surface area contributed by atoms with Gasteiger partial charge in [-0.25, -0.2) is 9.78 Å². The summed E-state index contributed by atoms with van der Waals surface area (Å²) in [5, 5.41) is 0. The molecule has 31 heavy (non-hydrogen) atoms. The molecule has 7 heteroatoms. The summed E-state index contributed by atoms with van der Waals surface area (Å²) in [4.78, 5) is 30.5. The zero-order valence-electron chi connectivity index (χ0n) is 17.2. The monoisotopic (exact) mass is 454 g/mol. The molecule has 0 radical (unpaired) electrons. The van der Waals surface area contributed by atoms with Crippen LogP contribution in [-0.4, -0.2) is 35.4 Å². The van der Waals surface area contributed by atoms with E-state index in [2.05, 4.69) is 11.6 Å². The topological polar surface area (TPSA) is 59.5 Å². The van der Waals surface area contributed by atoms with E-state index in [0.29, 0.717) is 30.1 Å². The van der Waals surface area contributed by atoms with Gasteiger partial charge >= 0.3 is 0 Å². The minimum Gasteiger partial charge on any atom is -0.481 e. The van der Waals surface area contributed by atoms with E-state index in [1.54, 1.807) is 30.5 Å². The maximum Gasteiger partial charge on any atom is 0.246 e. The fraction of sp³-hybridized carbons (Fsp3) is 0.250. The van der Waals surface area contributed by atoms with Crippen molar-refractivity contribution in [3.05, 3.63) is 81.7 Å². The fourth-order valence-corrected chi connectivity index (χ4v) is 4.97. The van der Waals surface area contributed by atoms with Crippen molar-refractivity contribution in [2.75, 3.05) is 13.7 Å². The van der Waals surface area contributed by atoms with Crippen LogP contribution < -0.4 is 4.74 Å². The molecule has 5 nitrogen and oxygen atoms in total. The number of carbonyl (C=O) groups excluding carboxylic acids is 2. The van der Waals surface area contributed by atoms with Crippen molar-refractivity contribution in [3.8, 4) is 5.88 Å². The number of thiophene rings is 1. The summed E-state index contributed by atoms with van der Waals surface area (Å²) < 4.78 is 5.95. The molecule has 1 aliphatic heterocycles. The first-order valence-electron chi connectivity index (χ1n) is 9.84. The molecular weight excluding hydrogens is 432 g/mol. The number of carbonyl (C=O) groups is 1. The predicted molar refractivity (Wildman–Crippen MR) is 125 cm³/mol. The van der Waals surface area contributed by atoms with Crippen LogP contribution in [0, 0.1) is 0 Å². The number of rotatable bonds is 8. The Kier molecular flexibility index (Phi) is 8.01. The van der Waals surface area contributed by atoms with Crippen molar-refractivity contribution in [3.63, 3.8) is 0 Å². The third-order valence-electron chi connectivity index (χ3n) is 5.07. The number of nitrogens with zero attached hydrogens (tertiary/aromatic N) is 2. The highest BCUT2D eigenvalue weighted by molar-refractivity contribution is 7.16. The Hall–Kier alpha value is -2.92. The lowest BCUT2D eigenvalue weighted by Crippen LogP contribution is -2.36. The summed E-state index contributed by atoms with van der Waals surface area (Å²) in [7, 11) is 1.51. The van der Waals surface area contributed by atoms with E-state index < -0.39 is 0 Å². The SMILES string of the molecule is C=CC(=O)N1Cc2sc(Cl)cc2[C@@H](CC/C=C\C=C/C(=C=O)c2cccnc2OC)C1. The minimum absolute atomic E-state index is 0.0577. The second-order valence-corrected chi connectivity index (χ2v) is 8.76. The van der Waals surface area contributed by atoms with Crippen LogP contribution >= 0.6 is 22.9 Å². The van der Waals surface area contributed by atoms with E-state index in [4.69, 9.17) is 16.3 Å². The summed E-state index contributed by atoms with van der Waals surface area (Å²) in [6, 6.07) is 5.53. The van der Waals surface area contributed by atoms with E-state index >= 15 is 0 Å². The molecule has 3 heterocycles. The Morgan fingerprint density at radius 3 is 3.06 bits per heavy atom. The normalized spacial score (nSPS) is 15.7. The number of hydrogen-bond acceptors (Lipinski definition) is 5. The van der Waals surface area contributed by atoms with Gasteiger partial charge < -0.3 is 9.64 Å². The first-order chi connectivity index (χ1) is 15.1. The maximum atomic E-state index is 12.1. The number of allylic oxidation sites excluding steroid dienone is 5. The summed E-state index contributed by atoms with van der Waals surface area (Å²) >= 11 is 7.75. The lowest BCUT2D eigenvalue weighted by molar-refractivity contribution is -0.127. The van der Waals surface area contributed by atoms with Gasteiger partial charge in [0.05, 0.1) is 29.1 Å². The number of methoxy groups -OCH3 is 1. The van der Waals surface area contributed by atoms with Gasteiger partial charge in [-0.15, -0.1) is 11.3 Å². The largest absolute Gasteiger partial charge is 0.481 e. The molecule has 0 saturated heterocycles.